The molecule has 9 heteroatoms. The molecule has 0 bridgehead atoms. The molecule has 2 aromatic carbocycles. The molecule has 1 aromatic heterocycles. The third kappa shape index (κ3) is 4.56. The minimum atomic E-state index is -3.64. The third-order valence-electron chi connectivity index (χ3n) is 4.45. The zero-order valence-corrected chi connectivity index (χ0v) is 18.0. The number of aryl methyl sites for hydroxylation is 1. The van der Waals surface area contributed by atoms with Gasteiger partial charge in [0.2, 0.25) is 10.0 Å². The molecule has 0 saturated carbocycles. The number of halogens is 1. The average Bonchev–Trinajstić information content (AvgIpc) is 3.08. The van der Waals surface area contributed by atoms with E-state index in [1.165, 1.54) is 12.1 Å². The van der Waals surface area contributed by atoms with Gasteiger partial charge >= 0.3 is 0 Å². The number of nitrogens with one attached hydrogen (secondary N) is 1. The van der Waals surface area contributed by atoms with Crippen LogP contribution in [0.4, 0.5) is 0 Å². The summed E-state index contributed by atoms with van der Waals surface area (Å²) in [5, 5.41) is 1.57. The number of nitrogens with zero attached hydrogens (tertiary/aromatic N) is 1. The van der Waals surface area contributed by atoms with E-state index in [1.807, 2.05) is 31.2 Å². The summed E-state index contributed by atoms with van der Waals surface area (Å²) >= 11 is 7.50. The van der Waals surface area contributed by atoms with Crippen molar-refractivity contribution in [2.45, 2.75) is 18.2 Å². The van der Waals surface area contributed by atoms with E-state index in [0.717, 1.165) is 21.1 Å². The molecule has 4 rings (SSSR count). The van der Waals surface area contributed by atoms with E-state index >= 15 is 0 Å². The van der Waals surface area contributed by atoms with Crippen molar-refractivity contribution in [1.29, 1.82) is 0 Å². The van der Waals surface area contributed by atoms with E-state index in [1.54, 1.807) is 17.4 Å². The Kier molecular flexibility index (Phi) is 5.78. The SMILES string of the molecule is Cc1nc(-c2ccc(Cl)cc2)sc1CCNS(=O)(=O)c1ccc2c(c1)OCCO2. The number of rotatable bonds is 6. The molecule has 0 fully saturated rings. The van der Waals surface area contributed by atoms with Crippen LogP contribution in [0, 0.1) is 6.92 Å². The zero-order chi connectivity index (χ0) is 20.4. The van der Waals surface area contributed by atoms with Gasteiger partial charge in [-0.3, -0.25) is 0 Å². The summed E-state index contributed by atoms with van der Waals surface area (Å²) in [4.78, 5) is 5.80. The van der Waals surface area contributed by atoms with Crippen molar-refractivity contribution in [3.05, 3.63) is 58.1 Å². The van der Waals surface area contributed by atoms with Crippen LogP contribution in [0.25, 0.3) is 10.6 Å². The molecule has 0 unspecified atom stereocenters. The Morgan fingerprint density at radius 3 is 2.59 bits per heavy atom. The van der Waals surface area contributed by atoms with Crippen molar-refractivity contribution in [3.8, 4) is 22.1 Å². The van der Waals surface area contributed by atoms with Crippen LogP contribution in [0.3, 0.4) is 0 Å². The van der Waals surface area contributed by atoms with Crippen LogP contribution >= 0.6 is 22.9 Å². The highest BCUT2D eigenvalue weighted by molar-refractivity contribution is 7.89. The van der Waals surface area contributed by atoms with Crippen molar-refractivity contribution in [2.24, 2.45) is 0 Å². The molecule has 0 radical (unpaired) electrons. The maximum absolute atomic E-state index is 12.6. The maximum Gasteiger partial charge on any atom is 0.240 e. The van der Waals surface area contributed by atoms with Gasteiger partial charge in [-0.25, -0.2) is 18.1 Å². The largest absolute Gasteiger partial charge is 0.486 e. The second-order valence-corrected chi connectivity index (χ2v) is 9.77. The van der Waals surface area contributed by atoms with Crippen molar-refractivity contribution >= 4 is 33.0 Å². The molecule has 1 aliphatic heterocycles. The van der Waals surface area contributed by atoms with Gasteiger partial charge < -0.3 is 9.47 Å². The number of hydrogen-bond acceptors (Lipinski definition) is 6. The number of fused-ring (bicyclic) bond motifs is 1. The predicted octanol–water partition coefficient (Wildman–Crippen LogP) is 4.06. The molecule has 3 aromatic rings. The number of benzene rings is 2. The summed E-state index contributed by atoms with van der Waals surface area (Å²) < 4.78 is 38.8. The highest BCUT2D eigenvalue weighted by Gasteiger charge is 2.19. The topological polar surface area (TPSA) is 77.5 Å². The molecular weight excluding hydrogens is 432 g/mol. The molecule has 0 aliphatic carbocycles. The quantitative estimate of drug-likeness (QED) is 0.612. The average molecular weight is 451 g/mol. The predicted molar refractivity (Wildman–Crippen MR) is 114 cm³/mol. The standard InChI is InChI=1S/C20H19ClN2O4S2/c1-13-19(28-20(23-13)14-2-4-15(21)5-3-14)8-9-22-29(24,25)16-6-7-17-18(12-16)27-11-10-26-17/h2-7,12,22H,8-11H2,1H3. The highest BCUT2D eigenvalue weighted by Crippen LogP contribution is 2.32. The van der Waals surface area contributed by atoms with Gasteiger partial charge in [0.05, 0.1) is 10.6 Å². The Hall–Kier alpha value is -2.13. The van der Waals surface area contributed by atoms with Crippen LogP contribution < -0.4 is 14.2 Å². The summed E-state index contributed by atoms with van der Waals surface area (Å²) in [7, 11) is -3.64. The van der Waals surface area contributed by atoms with E-state index in [2.05, 4.69) is 9.71 Å². The van der Waals surface area contributed by atoms with Gasteiger partial charge in [0.25, 0.3) is 0 Å². The van der Waals surface area contributed by atoms with Gasteiger partial charge in [0.1, 0.15) is 18.2 Å². The molecule has 29 heavy (non-hydrogen) atoms. The van der Waals surface area contributed by atoms with E-state index in [0.29, 0.717) is 36.2 Å². The second kappa shape index (κ2) is 8.31. The van der Waals surface area contributed by atoms with Gasteiger partial charge in [-0.05, 0) is 37.6 Å². The van der Waals surface area contributed by atoms with E-state index < -0.39 is 10.0 Å². The van der Waals surface area contributed by atoms with Crippen molar-refractivity contribution in [1.82, 2.24) is 9.71 Å². The van der Waals surface area contributed by atoms with Crippen molar-refractivity contribution < 1.29 is 17.9 Å². The Morgan fingerprint density at radius 1 is 1.10 bits per heavy atom. The summed E-state index contributed by atoms with van der Waals surface area (Å²) in [5.41, 5.74) is 1.89. The molecule has 152 valence electrons. The van der Waals surface area contributed by atoms with Crippen LogP contribution in [0.5, 0.6) is 11.5 Å². The molecule has 0 amide bonds. The Bertz CT molecular complexity index is 1130. The minimum Gasteiger partial charge on any atom is -0.486 e. The second-order valence-electron chi connectivity index (χ2n) is 6.49. The first-order valence-electron chi connectivity index (χ1n) is 9.04. The van der Waals surface area contributed by atoms with E-state index in [4.69, 9.17) is 21.1 Å². The Labute approximate surface area is 178 Å². The van der Waals surface area contributed by atoms with Crippen LogP contribution in [-0.2, 0) is 16.4 Å². The maximum atomic E-state index is 12.6. The Morgan fingerprint density at radius 2 is 1.83 bits per heavy atom. The van der Waals surface area contributed by atoms with Crippen LogP contribution in [0.15, 0.2) is 47.4 Å². The molecule has 1 aliphatic rings. The summed E-state index contributed by atoms with van der Waals surface area (Å²) in [6.45, 7) is 3.08. The smallest absolute Gasteiger partial charge is 0.240 e. The van der Waals surface area contributed by atoms with Crippen LogP contribution in [-0.4, -0.2) is 33.2 Å². The lowest BCUT2D eigenvalue weighted by Gasteiger charge is -2.18. The van der Waals surface area contributed by atoms with Gasteiger partial charge in [0.15, 0.2) is 11.5 Å². The minimum absolute atomic E-state index is 0.157. The zero-order valence-electron chi connectivity index (χ0n) is 15.6. The fourth-order valence-electron chi connectivity index (χ4n) is 2.95. The number of aromatic nitrogens is 1. The van der Waals surface area contributed by atoms with E-state index in [9.17, 15) is 8.42 Å². The highest BCUT2D eigenvalue weighted by atomic mass is 35.5. The number of hydrogen-bond donors (Lipinski definition) is 1. The first-order valence-corrected chi connectivity index (χ1v) is 11.7. The monoisotopic (exact) mass is 450 g/mol. The van der Waals surface area contributed by atoms with Gasteiger partial charge in [-0.15, -0.1) is 11.3 Å². The molecule has 0 atom stereocenters. The summed E-state index contributed by atoms with van der Waals surface area (Å²) in [6, 6.07) is 12.1. The van der Waals surface area contributed by atoms with Crippen molar-refractivity contribution in [2.75, 3.05) is 19.8 Å². The number of ether oxygens (including phenoxy) is 2. The third-order valence-corrected chi connectivity index (χ3v) is 7.43. The lowest BCUT2D eigenvalue weighted by atomic mass is 10.2. The molecule has 0 spiro atoms. The number of thiazole rings is 1. The lowest BCUT2D eigenvalue weighted by molar-refractivity contribution is 0.171. The molecule has 2 heterocycles. The Balaban J connectivity index is 1.42. The van der Waals surface area contributed by atoms with Gasteiger partial charge in [-0.1, -0.05) is 23.7 Å². The lowest BCUT2D eigenvalue weighted by Crippen LogP contribution is -2.26. The van der Waals surface area contributed by atoms with Gasteiger partial charge in [-0.2, -0.15) is 0 Å². The fourth-order valence-corrected chi connectivity index (χ4v) is 5.19. The van der Waals surface area contributed by atoms with Crippen LogP contribution in [0.2, 0.25) is 5.02 Å². The molecule has 0 saturated heterocycles. The normalized spacial score (nSPS) is 13.4. The molecule has 1 N–H and O–H groups in total. The fraction of sp³-hybridized carbons (Fsp3) is 0.250. The number of sulfonamides is 1. The van der Waals surface area contributed by atoms with Crippen LogP contribution in [0.1, 0.15) is 10.6 Å². The van der Waals surface area contributed by atoms with Gasteiger partial charge in [0, 0.05) is 28.1 Å². The molecule has 6 nitrogen and oxygen atoms in total. The summed E-state index contributed by atoms with van der Waals surface area (Å²) in [6.07, 6.45) is 0.556. The first-order chi connectivity index (χ1) is 13.9. The summed E-state index contributed by atoms with van der Waals surface area (Å²) in [5.74, 6) is 1.01. The first kappa shape index (κ1) is 20.2. The molecular formula is C20H19ClN2O4S2. The van der Waals surface area contributed by atoms with E-state index in [-0.39, 0.29) is 11.4 Å². The van der Waals surface area contributed by atoms with Crippen molar-refractivity contribution in [3.63, 3.8) is 0 Å².